The van der Waals surface area contributed by atoms with Crippen molar-refractivity contribution in [2.75, 3.05) is 0 Å². The van der Waals surface area contributed by atoms with Gasteiger partial charge in [-0.05, 0) is 110 Å². The molecule has 0 aromatic heterocycles. The van der Waals surface area contributed by atoms with Crippen molar-refractivity contribution in [1.82, 2.24) is 0 Å². The van der Waals surface area contributed by atoms with Gasteiger partial charge in [-0.25, -0.2) is 0 Å². The van der Waals surface area contributed by atoms with Gasteiger partial charge in [0.05, 0.1) is 6.10 Å². The van der Waals surface area contributed by atoms with Gasteiger partial charge < -0.3 is 10.2 Å². The molecule has 0 bridgehead atoms. The summed E-state index contributed by atoms with van der Waals surface area (Å²) in [7, 11) is 0. The van der Waals surface area contributed by atoms with Crippen LogP contribution in [0.2, 0.25) is 0 Å². The predicted molar refractivity (Wildman–Crippen MR) is 125 cm³/mol. The SMILES string of the molecule is C=C(CC[C@@H](C)[C@H]1CC[C@H]2[C@@H]3[C@H](O)[C@H](O)C4=CCCC[C@]4(C)[C@H]3CC[C@]12C)C(C)C. The molecule has 2 nitrogen and oxygen atoms in total. The minimum absolute atomic E-state index is 0.0988. The van der Waals surface area contributed by atoms with Gasteiger partial charge in [0.1, 0.15) is 6.10 Å². The highest BCUT2D eigenvalue weighted by Crippen LogP contribution is 2.67. The van der Waals surface area contributed by atoms with E-state index in [-0.39, 0.29) is 11.3 Å². The molecular weight excluding hydrogens is 368 g/mol. The number of allylic oxidation sites excluding steroid dienone is 2. The van der Waals surface area contributed by atoms with Gasteiger partial charge in [0.2, 0.25) is 0 Å². The minimum Gasteiger partial charge on any atom is -0.390 e. The van der Waals surface area contributed by atoms with E-state index in [4.69, 9.17) is 0 Å². The molecular formula is C28H46O2. The smallest absolute Gasteiger partial charge is 0.102 e. The zero-order valence-electron chi connectivity index (χ0n) is 20.2. The van der Waals surface area contributed by atoms with E-state index in [0.29, 0.717) is 29.1 Å². The van der Waals surface area contributed by atoms with E-state index in [0.717, 1.165) is 18.8 Å². The lowest BCUT2D eigenvalue weighted by molar-refractivity contribution is -0.150. The molecule has 0 spiro atoms. The van der Waals surface area contributed by atoms with Crippen molar-refractivity contribution in [3.8, 4) is 0 Å². The van der Waals surface area contributed by atoms with Crippen molar-refractivity contribution in [2.24, 2.45) is 46.3 Å². The first kappa shape index (κ1) is 22.6. The molecule has 30 heavy (non-hydrogen) atoms. The van der Waals surface area contributed by atoms with Gasteiger partial charge in [-0.2, -0.15) is 0 Å². The number of aliphatic hydroxyl groups is 2. The fraction of sp³-hybridized carbons (Fsp3) is 0.857. The lowest BCUT2D eigenvalue weighted by atomic mass is 9.45. The summed E-state index contributed by atoms with van der Waals surface area (Å²) in [5.41, 5.74) is 2.97. The van der Waals surface area contributed by atoms with Crippen LogP contribution in [-0.2, 0) is 0 Å². The maximum absolute atomic E-state index is 11.3. The van der Waals surface area contributed by atoms with E-state index in [1.54, 1.807) is 0 Å². The van der Waals surface area contributed by atoms with Crippen LogP contribution < -0.4 is 0 Å². The molecule has 0 aromatic rings. The van der Waals surface area contributed by atoms with Crippen LogP contribution in [0.25, 0.3) is 0 Å². The summed E-state index contributed by atoms with van der Waals surface area (Å²) in [4.78, 5) is 0. The molecule has 4 aliphatic rings. The molecule has 170 valence electrons. The van der Waals surface area contributed by atoms with E-state index in [9.17, 15) is 10.2 Å². The average molecular weight is 415 g/mol. The summed E-state index contributed by atoms with van der Waals surface area (Å²) in [5.74, 6) is 3.39. The number of fused-ring (bicyclic) bond motifs is 5. The number of hydrogen-bond acceptors (Lipinski definition) is 2. The Balaban J connectivity index is 1.56. The quantitative estimate of drug-likeness (QED) is 0.502. The van der Waals surface area contributed by atoms with Gasteiger partial charge >= 0.3 is 0 Å². The van der Waals surface area contributed by atoms with Crippen molar-refractivity contribution in [1.29, 1.82) is 0 Å². The summed E-state index contributed by atoms with van der Waals surface area (Å²) >= 11 is 0. The molecule has 2 N–H and O–H groups in total. The predicted octanol–water partition coefficient (Wildman–Crippen LogP) is 6.53. The van der Waals surface area contributed by atoms with Crippen molar-refractivity contribution in [3.63, 3.8) is 0 Å². The van der Waals surface area contributed by atoms with Crippen molar-refractivity contribution < 1.29 is 10.2 Å². The molecule has 3 saturated carbocycles. The summed E-state index contributed by atoms with van der Waals surface area (Å²) < 4.78 is 0. The highest BCUT2D eigenvalue weighted by Gasteiger charge is 2.63. The Hall–Kier alpha value is -0.600. The lowest BCUT2D eigenvalue weighted by Gasteiger charge is -2.61. The minimum atomic E-state index is -0.648. The Bertz CT molecular complexity index is 693. The monoisotopic (exact) mass is 414 g/mol. The van der Waals surface area contributed by atoms with Crippen LogP contribution in [0.4, 0.5) is 0 Å². The molecule has 0 radical (unpaired) electrons. The molecule has 0 aromatic carbocycles. The van der Waals surface area contributed by atoms with Crippen molar-refractivity contribution >= 4 is 0 Å². The molecule has 0 aliphatic heterocycles. The van der Waals surface area contributed by atoms with Crippen molar-refractivity contribution in [3.05, 3.63) is 23.8 Å². The topological polar surface area (TPSA) is 40.5 Å². The third-order valence-corrected chi connectivity index (χ3v) is 10.6. The summed E-state index contributed by atoms with van der Waals surface area (Å²) in [6.45, 7) is 16.2. The molecule has 3 fully saturated rings. The zero-order valence-corrected chi connectivity index (χ0v) is 20.2. The van der Waals surface area contributed by atoms with E-state index >= 15 is 0 Å². The molecule has 0 amide bonds. The normalized spacial score (nSPS) is 46.6. The van der Waals surface area contributed by atoms with Gasteiger partial charge in [0.25, 0.3) is 0 Å². The van der Waals surface area contributed by atoms with Crippen molar-refractivity contribution in [2.45, 2.75) is 105 Å². The lowest BCUT2D eigenvalue weighted by Crippen LogP contribution is -2.60. The Morgan fingerprint density at radius 1 is 1.10 bits per heavy atom. The molecule has 0 unspecified atom stereocenters. The van der Waals surface area contributed by atoms with E-state index in [2.05, 4.69) is 47.3 Å². The fourth-order valence-corrected chi connectivity index (χ4v) is 8.65. The second-order valence-electron chi connectivity index (χ2n) is 12.3. The van der Waals surface area contributed by atoms with Gasteiger partial charge in [-0.15, -0.1) is 0 Å². The Labute approximate surface area is 185 Å². The van der Waals surface area contributed by atoms with Crippen LogP contribution in [0.15, 0.2) is 23.8 Å². The number of rotatable bonds is 5. The molecule has 0 saturated heterocycles. The van der Waals surface area contributed by atoms with Crippen LogP contribution in [0.5, 0.6) is 0 Å². The molecule has 4 aliphatic carbocycles. The molecule has 9 atom stereocenters. The highest BCUT2D eigenvalue weighted by molar-refractivity contribution is 5.29. The molecule has 4 rings (SSSR count). The van der Waals surface area contributed by atoms with Crippen LogP contribution in [0.3, 0.4) is 0 Å². The second-order valence-corrected chi connectivity index (χ2v) is 12.3. The van der Waals surface area contributed by atoms with E-state index < -0.39 is 12.2 Å². The first-order valence-electron chi connectivity index (χ1n) is 12.9. The summed E-state index contributed by atoms with van der Waals surface area (Å²) in [6.07, 6.45) is 12.0. The first-order chi connectivity index (χ1) is 14.1. The van der Waals surface area contributed by atoms with Gasteiger partial charge in [0.15, 0.2) is 0 Å². The third kappa shape index (κ3) is 3.36. The largest absolute Gasteiger partial charge is 0.390 e. The van der Waals surface area contributed by atoms with Gasteiger partial charge in [0, 0.05) is 0 Å². The Morgan fingerprint density at radius 3 is 2.53 bits per heavy atom. The van der Waals surface area contributed by atoms with E-state index in [1.807, 2.05) is 0 Å². The van der Waals surface area contributed by atoms with Crippen LogP contribution in [0.1, 0.15) is 92.4 Å². The zero-order chi connectivity index (χ0) is 21.8. The number of aliphatic hydroxyl groups excluding tert-OH is 2. The fourth-order valence-electron chi connectivity index (χ4n) is 8.65. The second kappa shape index (κ2) is 8.07. The van der Waals surface area contributed by atoms with E-state index in [1.165, 1.54) is 56.1 Å². The average Bonchev–Trinajstić information content (AvgIpc) is 3.06. The number of hydrogen-bond donors (Lipinski definition) is 2. The Morgan fingerprint density at radius 2 is 1.83 bits per heavy atom. The van der Waals surface area contributed by atoms with Crippen LogP contribution in [-0.4, -0.2) is 22.4 Å². The molecule has 2 heteroatoms. The maximum Gasteiger partial charge on any atom is 0.102 e. The van der Waals surface area contributed by atoms with Crippen LogP contribution >= 0.6 is 0 Å². The maximum atomic E-state index is 11.3. The Kier molecular flexibility index (Phi) is 6.08. The van der Waals surface area contributed by atoms with Gasteiger partial charge in [-0.3, -0.25) is 0 Å². The van der Waals surface area contributed by atoms with Gasteiger partial charge in [-0.1, -0.05) is 52.8 Å². The summed E-state index contributed by atoms with van der Waals surface area (Å²) in [5, 5.41) is 22.5. The standard InChI is InChI=1S/C28H46O2/c1-17(2)18(3)10-11-19(4)20-12-13-21-24-22(14-16-28(20,21)6)27(5)15-8-7-9-23(27)25(29)26(24)30/h9,17,19-22,24-26,29-30H,3,7-8,10-16H2,1-2,4-6H3/t19-,20-,21+,22+,24+,25-,26+,27-,28-/m1/s1. The third-order valence-electron chi connectivity index (χ3n) is 10.6. The first-order valence-corrected chi connectivity index (χ1v) is 12.9. The highest BCUT2D eigenvalue weighted by atomic mass is 16.3. The molecule has 0 heterocycles. The summed E-state index contributed by atoms with van der Waals surface area (Å²) in [6, 6.07) is 0. The van der Waals surface area contributed by atoms with Crippen LogP contribution in [0, 0.1) is 46.3 Å².